The summed E-state index contributed by atoms with van der Waals surface area (Å²) in [4.78, 5) is 15.7. The third kappa shape index (κ3) is 3.56. The molecule has 1 fully saturated rings. The van der Waals surface area contributed by atoms with Gasteiger partial charge in [-0.1, -0.05) is 0 Å². The Hall–Kier alpha value is -2.65. The van der Waals surface area contributed by atoms with E-state index in [1.807, 2.05) is 12.1 Å². The number of H-pyrrole nitrogens is 1. The molecule has 0 spiro atoms. The standard InChI is InChI=1S/C20H24N4O4S/c1-13-19(12-23(2)22-13)29(26,27)24-8-6-14(7-9-24)18-11-15-10-16(28-3)4-5-17(15)20(25)21-18/h4-5,10-12,14H,6-9H2,1-3H3,(H,21,25). The second-order valence-electron chi connectivity index (χ2n) is 7.44. The predicted molar refractivity (Wildman–Crippen MR) is 110 cm³/mol. The fourth-order valence-corrected chi connectivity index (χ4v) is 5.66. The second-order valence-corrected chi connectivity index (χ2v) is 9.34. The number of aromatic amines is 1. The minimum absolute atomic E-state index is 0.0970. The summed E-state index contributed by atoms with van der Waals surface area (Å²) in [5.41, 5.74) is 1.20. The molecule has 0 aliphatic carbocycles. The number of hydrogen-bond donors (Lipinski definition) is 1. The number of aromatic nitrogens is 3. The van der Waals surface area contributed by atoms with E-state index in [-0.39, 0.29) is 16.4 Å². The molecule has 3 heterocycles. The maximum absolute atomic E-state index is 13.0. The van der Waals surface area contributed by atoms with E-state index >= 15 is 0 Å². The summed E-state index contributed by atoms with van der Waals surface area (Å²) in [5, 5.41) is 5.58. The topological polar surface area (TPSA) is 97.3 Å². The Morgan fingerprint density at radius 2 is 1.93 bits per heavy atom. The zero-order valence-corrected chi connectivity index (χ0v) is 17.5. The van der Waals surface area contributed by atoms with Crippen molar-refractivity contribution < 1.29 is 13.2 Å². The van der Waals surface area contributed by atoms with Crippen LogP contribution in [-0.4, -0.2) is 47.7 Å². The SMILES string of the molecule is COc1ccc2c(=O)[nH]c(C3CCN(S(=O)(=O)c4cn(C)nc4C)CC3)cc2c1. The molecular weight excluding hydrogens is 392 g/mol. The number of rotatable bonds is 4. The Kier molecular flexibility index (Phi) is 4.95. The van der Waals surface area contributed by atoms with Gasteiger partial charge in [0.05, 0.1) is 12.8 Å². The van der Waals surface area contributed by atoms with Gasteiger partial charge in [-0.2, -0.15) is 9.40 Å². The molecule has 0 saturated carbocycles. The van der Waals surface area contributed by atoms with E-state index in [2.05, 4.69) is 10.1 Å². The van der Waals surface area contributed by atoms with Crippen LogP contribution in [0.3, 0.4) is 0 Å². The summed E-state index contributed by atoms with van der Waals surface area (Å²) in [7, 11) is -0.264. The summed E-state index contributed by atoms with van der Waals surface area (Å²) in [6, 6.07) is 7.33. The monoisotopic (exact) mass is 416 g/mol. The van der Waals surface area contributed by atoms with Crippen molar-refractivity contribution in [3.8, 4) is 5.75 Å². The minimum atomic E-state index is -3.57. The van der Waals surface area contributed by atoms with E-state index in [0.717, 1.165) is 11.1 Å². The molecule has 4 rings (SSSR count). The highest BCUT2D eigenvalue weighted by atomic mass is 32.2. The van der Waals surface area contributed by atoms with E-state index in [9.17, 15) is 13.2 Å². The molecule has 0 amide bonds. The van der Waals surface area contributed by atoms with Gasteiger partial charge in [-0.3, -0.25) is 9.48 Å². The van der Waals surface area contributed by atoms with Gasteiger partial charge in [-0.15, -0.1) is 0 Å². The summed E-state index contributed by atoms with van der Waals surface area (Å²) in [5.74, 6) is 0.793. The van der Waals surface area contributed by atoms with E-state index in [4.69, 9.17) is 4.74 Å². The van der Waals surface area contributed by atoms with Crippen molar-refractivity contribution in [2.45, 2.75) is 30.6 Å². The normalized spacial score (nSPS) is 16.4. The van der Waals surface area contributed by atoms with Gasteiger partial charge in [0.25, 0.3) is 5.56 Å². The Labute approximate surface area is 169 Å². The molecule has 1 N–H and O–H groups in total. The molecule has 0 bridgehead atoms. The Bertz CT molecular complexity index is 1220. The van der Waals surface area contributed by atoms with E-state index < -0.39 is 10.0 Å². The van der Waals surface area contributed by atoms with Gasteiger partial charge in [0.2, 0.25) is 10.0 Å². The van der Waals surface area contributed by atoms with Crippen molar-refractivity contribution in [3.63, 3.8) is 0 Å². The molecular formula is C20H24N4O4S. The fourth-order valence-electron chi connectivity index (χ4n) is 3.99. The highest BCUT2D eigenvalue weighted by Gasteiger charge is 2.32. The molecule has 0 atom stereocenters. The molecule has 1 saturated heterocycles. The average Bonchev–Trinajstić information content (AvgIpc) is 3.06. The Balaban J connectivity index is 1.57. The summed E-state index contributed by atoms with van der Waals surface area (Å²) >= 11 is 0. The lowest BCUT2D eigenvalue weighted by atomic mass is 9.93. The number of methoxy groups -OCH3 is 1. The summed E-state index contributed by atoms with van der Waals surface area (Å²) < 4.78 is 34.2. The van der Waals surface area contributed by atoms with Gasteiger partial charge in [0.15, 0.2) is 0 Å². The van der Waals surface area contributed by atoms with Crippen LogP contribution < -0.4 is 10.3 Å². The third-order valence-corrected chi connectivity index (χ3v) is 7.55. The van der Waals surface area contributed by atoms with Crippen LogP contribution in [0.1, 0.15) is 30.1 Å². The zero-order chi connectivity index (χ0) is 20.8. The summed E-state index contributed by atoms with van der Waals surface area (Å²) in [6.45, 7) is 2.51. The largest absolute Gasteiger partial charge is 0.497 e. The smallest absolute Gasteiger partial charge is 0.256 e. The highest BCUT2D eigenvalue weighted by molar-refractivity contribution is 7.89. The molecule has 3 aromatic rings. The molecule has 154 valence electrons. The van der Waals surface area contributed by atoms with Crippen molar-refractivity contribution in [2.24, 2.45) is 7.05 Å². The van der Waals surface area contributed by atoms with Crippen LogP contribution in [0.4, 0.5) is 0 Å². The molecule has 8 nitrogen and oxygen atoms in total. The summed E-state index contributed by atoms with van der Waals surface area (Å²) in [6.07, 6.45) is 2.83. The van der Waals surface area contributed by atoms with Crippen LogP contribution in [0.25, 0.3) is 10.8 Å². The Morgan fingerprint density at radius 1 is 1.21 bits per heavy atom. The lowest BCUT2D eigenvalue weighted by molar-refractivity contribution is 0.316. The van der Waals surface area contributed by atoms with Crippen LogP contribution in [0.2, 0.25) is 0 Å². The molecule has 29 heavy (non-hydrogen) atoms. The van der Waals surface area contributed by atoms with Crippen molar-refractivity contribution >= 4 is 20.8 Å². The fraction of sp³-hybridized carbons (Fsp3) is 0.400. The van der Waals surface area contributed by atoms with Gasteiger partial charge < -0.3 is 9.72 Å². The Morgan fingerprint density at radius 3 is 2.55 bits per heavy atom. The molecule has 1 aliphatic heterocycles. The number of nitrogens with zero attached hydrogens (tertiary/aromatic N) is 3. The molecule has 9 heteroatoms. The first kappa shape index (κ1) is 19.7. The number of sulfonamides is 1. The minimum Gasteiger partial charge on any atom is -0.497 e. The van der Waals surface area contributed by atoms with Crippen molar-refractivity contribution in [1.82, 2.24) is 19.1 Å². The first-order chi connectivity index (χ1) is 13.8. The number of nitrogens with one attached hydrogen (secondary N) is 1. The number of ether oxygens (including phenoxy) is 1. The van der Waals surface area contributed by atoms with Gasteiger partial charge in [-0.05, 0) is 49.4 Å². The number of pyridine rings is 1. The van der Waals surface area contributed by atoms with Crippen LogP contribution in [0.15, 0.2) is 40.2 Å². The van der Waals surface area contributed by atoms with Crippen LogP contribution in [-0.2, 0) is 17.1 Å². The molecule has 1 aromatic carbocycles. The first-order valence-electron chi connectivity index (χ1n) is 9.51. The van der Waals surface area contributed by atoms with Gasteiger partial charge in [0.1, 0.15) is 10.6 Å². The van der Waals surface area contributed by atoms with E-state index in [1.165, 1.54) is 8.99 Å². The van der Waals surface area contributed by atoms with Gasteiger partial charge in [0, 0.05) is 43.3 Å². The van der Waals surface area contributed by atoms with Crippen LogP contribution in [0, 0.1) is 6.92 Å². The molecule has 2 aromatic heterocycles. The number of benzene rings is 1. The highest BCUT2D eigenvalue weighted by Crippen LogP contribution is 2.31. The average molecular weight is 417 g/mol. The zero-order valence-electron chi connectivity index (χ0n) is 16.7. The van der Waals surface area contributed by atoms with Gasteiger partial charge >= 0.3 is 0 Å². The number of fused-ring (bicyclic) bond motifs is 1. The maximum Gasteiger partial charge on any atom is 0.256 e. The van der Waals surface area contributed by atoms with Crippen molar-refractivity contribution in [1.29, 1.82) is 0 Å². The lowest BCUT2D eigenvalue weighted by Gasteiger charge is -2.31. The van der Waals surface area contributed by atoms with Crippen LogP contribution >= 0.6 is 0 Å². The van der Waals surface area contributed by atoms with Crippen molar-refractivity contribution in [2.75, 3.05) is 20.2 Å². The molecule has 1 aliphatic rings. The maximum atomic E-state index is 13.0. The number of hydrogen-bond acceptors (Lipinski definition) is 5. The first-order valence-corrected chi connectivity index (χ1v) is 10.9. The predicted octanol–water partition coefficient (Wildman–Crippen LogP) is 2.15. The number of piperidine rings is 1. The lowest BCUT2D eigenvalue weighted by Crippen LogP contribution is -2.38. The number of aryl methyl sites for hydroxylation is 2. The quantitative estimate of drug-likeness (QED) is 0.703. The second kappa shape index (κ2) is 7.31. The molecule has 0 unspecified atom stereocenters. The van der Waals surface area contributed by atoms with Crippen molar-refractivity contribution in [3.05, 3.63) is 52.2 Å². The third-order valence-electron chi connectivity index (χ3n) is 5.55. The van der Waals surface area contributed by atoms with E-state index in [0.29, 0.717) is 42.8 Å². The van der Waals surface area contributed by atoms with Gasteiger partial charge in [-0.25, -0.2) is 8.42 Å². The molecule has 0 radical (unpaired) electrons. The van der Waals surface area contributed by atoms with Crippen LogP contribution in [0.5, 0.6) is 5.75 Å². The van der Waals surface area contributed by atoms with E-state index in [1.54, 1.807) is 39.4 Å².